The second-order valence-corrected chi connectivity index (χ2v) is 5.20. The fourth-order valence-corrected chi connectivity index (χ4v) is 2.18. The lowest BCUT2D eigenvalue weighted by Gasteiger charge is -2.14. The largest absolute Gasteiger partial charge is 0.479 e. The number of benzene rings is 1. The first-order valence-electron chi connectivity index (χ1n) is 5.80. The Labute approximate surface area is 127 Å². The van der Waals surface area contributed by atoms with Gasteiger partial charge in [-0.3, -0.25) is 14.8 Å². The summed E-state index contributed by atoms with van der Waals surface area (Å²) in [5, 5.41) is 26.9. The van der Waals surface area contributed by atoms with Gasteiger partial charge in [-0.05, 0) is 12.1 Å². The molecule has 0 aliphatic carbocycles. The van der Waals surface area contributed by atoms with Crippen molar-refractivity contribution in [2.24, 2.45) is 7.05 Å². The molecule has 0 bridgehead atoms. The van der Waals surface area contributed by atoms with Crippen LogP contribution in [0.3, 0.4) is 0 Å². The zero-order valence-corrected chi connectivity index (χ0v) is 12.4. The average Bonchev–Trinajstić information content (AvgIpc) is 2.81. The van der Waals surface area contributed by atoms with Crippen molar-refractivity contribution in [1.29, 1.82) is 0 Å². The number of halogens is 1. The van der Waals surface area contributed by atoms with Crippen LogP contribution in [-0.2, 0) is 11.8 Å². The topological polar surface area (TPSA) is 110 Å². The highest BCUT2D eigenvalue weighted by Gasteiger charge is 2.25. The van der Waals surface area contributed by atoms with E-state index in [1.165, 1.54) is 35.3 Å². The number of anilines is 1. The number of carboxylic acids is 1. The van der Waals surface area contributed by atoms with Crippen molar-refractivity contribution in [3.05, 3.63) is 50.7 Å². The van der Waals surface area contributed by atoms with Crippen LogP contribution in [0.1, 0.15) is 11.6 Å². The first-order valence-corrected chi connectivity index (χ1v) is 6.59. The summed E-state index contributed by atoms with van der Waals surface area (Å²) in [6, 6.07) is 3.15. The summed E-state index contributed by atoms with van der Waals surface area (Å²) >= 11 is 3.21. The number of hydrogen-bond donors (Lipinski definition) is 2. The SMILES string of the molecule is Cn1cc(C(Nc2cc(Br)ccc2[N+](=O)[O-])C(=O)O)cn1. The van der Waals surface area contributed by atoms with Gasteiger partial charge in [0.25, 0.3) is 5.69 Å². The maximum atomic E-state index is 11.4. The van der Waals surface area contributed by atoms with Crippen LogP contribution in [0.25, 0.3) is 0 Å². The molecule has 9 heteroatoms. The Morgan fingerprint density at radius 3 is 2.81 bits per heavy atom. The van der Waals surface area contributed by atoms with Gasteiger partial charge >= 0.3 is 5.97 Å². The molecular weight excluding hydrogens is 344 g/mol. The van der Waals surface area contributed by atoms with Crippen molar-refractivity contribution in [2.75, 3.05) is 5.32 Å². The van der Waals surface area contributed by atoms with Gasteiger partial charge in [-0.25, -0.2) is 4.79 Å². The Morgan fingerprint density at radius 2 is 2.29 bits per heavy atom. The molecule has 0 radical (unpaired) electrons. The van der Waals surface area contributed by atoms with Gasteiger partial charge in [0.15, 0.2) is 6.04 Å². The molecule has 0 amide bonds. The van der Waals surface area contributed by atoms with E-state index in [9.17, 15) is 20.0 Å². The standard InChI is InChI=1S/C12H11BrN4O4/c1-16-6-7(5-14-16)11(12(18)19)15-9-4-8(13)2-3-10(9)17(20)21/h2-6,11,15H,1H3,(H,18,19). The molecule has 0 spiro atoms. The van der Waals surface area contributed by atoms with Gasteiger partial charge in [0.2, 0.25) is 0 Å². The lowest BCUT2D eigenvalue weighted by atomic mass is 10.1. The van der Waals surface area contributed by atoms with E-state index in [1.54, 1.807) is 7.05 Å². The summed E-state index contributed by atoms with van der Waals surface area (Å²) in [4.78, 5) is 21.8. The molecule has 1 aromatic heterocycles. The monoisotopic (exact) mass is 354 g/mol. The Bertz CT molecular complexity index is 700. The molecule has 0 aliphatic rings. The van der Waals surface area contributed by atoms with Crippen LogP contribution in [0.2, 0.25) is 0 Å². The van der Waals surface area contributed by atoms with Crippen LogP contribution in [0.15, 0.2) is 35.1 Å². The highest BCUT2D eigenvalue weighted by Crippen LogP contribution is 2.31. The number of aliphatic carboxylic acids is 1. The molecule has 2 rings (SSSR count). The second-order valence-electron chi connectivity index (χ2n) is 4.28. The van der Waals surface area contributed by atoms with Gasteiger partial charge in [0, 0.05) is 29.3 Å². The van der Waals surface area contributed by atoms with E-state index in [4.69, 9.17) is 0 Å². The number of aryl methyl sites for hydroxylation is 1. The number of nitro groups is 1. The normalized spacial score (nSPS) is 11.9. The second kappa shape index (κ2) is 5.92. The number of rotatable bonds is 5. The van der Waals surface area contributed by atoms with E-state index < -0.39 is 16.9 Å². The fourth-order valence-electron chi connectivity index (χ4n) is 1.82. The quantitative estimate of drug-likeness (QED) is 0.629. The zero-order chi connectivity index (χ0) is 15.6. The van der Waals surface area contributed by atoms with Gasteiger partial charge in [-0.2, -0.15) is 5.10 Å². The summed E-state index contributed by atoms with van der Waals surface area (Å²) in [6.45, 7) is 0. The van der Waals surface area contributed by atoms with Crippen molar-refractivity contribution in [3.63, 3.8) is 0 Å². The van der Waals surface area contributed by atoms with Crippen molar-refractivity contribution in [1.82, 2.24) is 9.78 Å². The predicted molar refractivity (Wildman–Crippen MR) is 78.0 cm³/mol. The van der Waals surface area contributed by atoms with Gasteiger partial charge < -0.3 is 10.4 Å². The molecule has 8 nitrogen and oxygen atoms in total. The number of nitrogens with one attached hydrogen (secondary N) is 1. The Morgan fingerprint density at radius 1 is 1.57 bits per heavy atom. The Balaban J connectivity index is 2.40. The van der Waals surface area contributed by atoms with Crippen molar-refractivity contribution < 1.29 is 14.8 Å². The summed E-state index contributed by atoms with van der Waals surface area (Å²) in [6.07, 6.45) is 2.94. The fraction of sp³-hybridized carbons (Fsp3) is 0.167. The minimum atomic E-state index is -1.16. The van der Waals surface area contributed by atoms with Crippen LogP contribution in [0.4, 0.5) is 11.4 Å². The molecule has 110 valence electrons. The van der Waals surface area contributed by atoms with E-state index in [-0.39, 0.29) is 11.4 Å². The number of nitro benzene ring substituents is 1. The van der Waals surface area contributed by atoms with Crippen LogP contribution in [-0.4, -0.2) is 25.8 Å². The van der Waals surface area contributed by atoms with Crippen LogP contribution >= 0.6 is 15.9 Å². The number of aromatic nitrogens is 2. The third kappa shape index (κ3) is 3.37. The average molecular weight is 355 g/mol. The van der Waals surface area contributed by atoms with E-state index in [0.717, 1.165) is 0 Å². The molecule has 1 heterocycles. The minimum Gasteiger partial charge on any atom is -0.479 e. The number of nitrogens with zero attached hydrogens (tertiary/aromatic N) is 3. The molecule has 2 aromatic rings. The summed E-state index contributed by atoms with van der Waals surface area (Å²) in [5.41, 5.74) is 0.318. The lowest BCUT2D eigenvalue weighted by Crippen LogP contribution is -2.20. The van der Waals surface area contributed by atoms with E-state index in [1.807, 2.05) is 0 Å². The first kappa shape index (κ1) is 15.0. The lowest BCUT2D eigenvalue weighted by molar-refractivity contribution is -0.384. The molecular formula is C12H11BrN4O4. The molecule has 0 saturated heterocycles. The minimum absolute atomic E-state index is 0.116. The van der Waals surface area contributed by atoms with Crippen LogP contribution in [0, 0.1) is 10.1 Å². The number of carbonyl (C=O) groups is 1. The van der Waals surface area contributed by atoms with E-state index in [0.29, 0.717) is 10.0 Å². The van der Waals surface area contributed by atoms with Crippen molar-refractivity contribution in [2.45, 2.75) is 6.04 Å². The predicted octanol–water partition coefficient (Wildman–Crippen LogP) is 2.33. The van der Waals surface area contributed by atoms with E-state index in [2.05, 4.69) is 26.3 Å². The van der Waals surface area contributed by atoms with Gasteiger partial charge in [0.05, 0.1) is 11.1 Å². The summed E-state index contributed by atoms with van der Waals surface area (Å²) < 4.78 is 2.06. The van der Waals surface area contributed by atoms with Crippen LogP contribution < -0.4 is 5.32 Å². The van der Waals surface area contributed by atoms with Gasteiger partial charge in [0.1, 0.15) is 5.69 Å². The maximum absolute atomic E-state index is 11.4. The van der Waals surface area contributed by atoms with E-state index >= 15 is 0 Å². The van der Waals surface area contributed by atoms with Gasteiger partial charge in [-0.1, -0.05) is 15.9 Å². The van der Waals surface area contributed by atoms with Crippen molar-refractivity contribution >= 4 is 33.3 Å². The summed E-state index contributed by atoms with van der Waals surface area (Å²) in [7, 11) is 1.66. The Kier molecular flexibility index (Phi) is 4.22. The third-order valence-electron chi connectivity index (χ3n) is 2.76. The highest BCUT2D eigenvalue weighted by molar-refractivity contribution is 9.10. The molecule has 0 saturated carbocycles. The van der Waals surface area contributed by atoms with Crippen molar-refractivity contribution in [3.8, 4) is 0 Å². The molecule has 1 aromatic carbocycles. The summed E-state index contributed by atoms with van der Waals surface area (Å²) in [5.74, 6) is -1.16. The molecule has 0 fully saturated rings. The highest BCUT2D eigenvalue weighted by atomic mass is 79.9. The zero-order valence-electron chi connectivity index (χ0n) is 10.9. The number of carboxylic acid groups (broad SMARTS) is 1. The molecule has 1 atom stereocenters. The number of hydrogen-bond acceptors (Lipinski definition) is 5. The van der Waals surface area contributed by atoms with Crippen LogP contribution in [0.5, 0.6) is 0 Å². The maximum Gasteiger partial charge on any atom is 0.330 e. The molecule has 0 aliphatic heterocycles. The van der Waals surface area contributed by atoms with Gasteiger partial charge in [-0.15, -0.1) is 0 Å². The smallest absolute Gasteiger partial charge is 0.330 e. The molecule has 1 unspecified atom stereocenters. The molecule has 2 N–H and O–H groups in total. The first-order chi connectivity index (χ1) is 9.88. The molecule has 21 heavy (non-hydrogen) atoms. The third-order valence-corrected chi connectivity index (χ3v) is 3.25. The Hall–Kier alpha value is -2.42.